The molecule has 0 bridgehead atoms. The van der Waals surface area contributed by atoms with Gasteiger partial charge in [0.25, 0.3) is 5.91 Å². The summed E-state index contributed by atoms with van der Waals surface area (Å²) in [6, 6.07) is 13.1. The van der Waals surface area contributed by atoms with Gasteiger partial charge in [-0.05, 0) is 42.7 Å². The number of nitrogens with zero attached hydrogens (tertiary/aromatic N) is 4. The molecule has 2 N–H and O–H groups in total. The lowest BCUT2D eigenvalue weighted by molar-refractivity contribution is 0.0704. The van der Waals surface area contributed by atoms with Crippen molar-refractivity contribution >= 4 is 18.3 Å². The third-order valence-corrected chi connectivity index (χ3v) is 4.90. The number of carbonyl (C=O) groups is 1. The normalized spacial score (nSPS) is 14.5. The number of carbonyl (C=O) groups excluding carboxylic acids is 1. The molecule has 1 aliphatic rings. The Kier molecular flexibility index (Phi) is 6.38. The van der Waals surface area contributed by atoms with E-state index in [1.54, 1.807) is 6.20 Å². The van der Waals surface area contributed by atoms with Gasteiger partial charge in [0, 0.05) is 37.3 Å². The zero-order valence-electron chi connectivity index (χ0n) is 15.3. The molecule has 8 heteroatoms. The maximum absolute atomic E-state index is 12.7. The molecule has 0 aliphatic carbocycles. The standard InChI is InChI=1S/C20H21N5O2.ClH/c21-13-14-4-6-16(7-5-14)20(26)25-11-8-15(9-12-25)19-23-18(24-27-19)17-3-1-2-10-22-17;/h1-7,10,15H,8-9,11-13,21H2;1H. The van der Waals surface area contributed by atoms with Crippen LogP contribution in [0.2, 0.25) is 0 Å². The third-order valence-electron chi connectivity index (χ3n) is 4.90. The summed E-state index contributed by atoms with van der Waals surface area (Å²) in [4.78, 5) is 23.3. The third kappa shape index (κ3) is 4.21. The van der Waals surface area contributed by atoms with E-state index in [9.17, 15) is 4.79 Å². The zero-order valence-corrected chi connectivity index (χ0v) is 16.1. The van der Waals surface area contributed by atoms with Crippen LogP contribution in [0.4, 0.5) is 0 Å². The van der Waals surface area contributed by atoms with E-state index in [1.807, 2.05) is 47.4 Å². The Labute approximate surface area is 169 Å². The van der Waals surface area contributed by atoms with Gasteiger partial charge in [-0.3, -0.25) is 9.78 Å². The van der Waals surface area contributed by atoms with Crippen molar-refractivity contribution in [1.82, 2.24) is 20.0 Å². The second kappa shape index (κ2) is 8.95. The lowest BCUT2D eigenvalue weighted by atomic mass is 9.96. The van der Waals surface area contributed by atoms with Crippen LogP contribution in [0.15, 0.2) is 53.2 Å². The highest BCUT2D eigenvalue weighted by molar-refractivity contribution is 5.94. The SMILES string of the molecule is Cl.NCc1ccc(C(=O)N2CCC(c3nc(-c4ccccn4)no3)CC2)cc1. The Hall–Kier alpha value is -2.77. The lowest BCUT2D eigenvalue weighted by Gasteiger charge is -2.30. The number of likely N-dealkylation sites (tertiary alicyclic amines) is 1. The number of rotatable bonds is 4. The molecule has 0 saturated carbocycles. The Morgan fingerprint density at radius 1 is 1.14 bits per heavy atom. The van der Waals surface area contributed by atoms with Crippen LogP contribution in [0.1, 0.15) is 40.6 Å². The predicted molar refractivity (Wildman–Crippen MR) is 107 cm³/mol. The monoisotopic (exact) mass is 399 g/mol. The van der Waals surface area contributed by atoms with E-state index in [4.69, 9.17) is 10.3 Å². The minimum atomic E-state index is 0. The van der Waals surface area contributed by atoms with E-state index >= 15 is 0 Å². The fourth-order valence-electron chi connectivity index (χ4n) is 3.30. The summed E-state index contributed by atoms with van der Waals surface area (Å²) in [7, 11) is 0. The van der Waals surface area contributed by atoms with E-state index in [1.165, 1.54) is 0 Å². The Balaban J connectivity index is 0.00000225. The minimum Gasteiger partial charge on any atom is -0.339 e. The highest BCUT2D eigenvalue weighted by Gasteiger charge is 2.28. The van der Waals surface area contributed by atoms with Gasteiger partial charge in [-0.25, -0.2) is 0 Å². The van der Waals surface area contributed by atoms with Crippen LogP contribution in [0.25, 0.3) is 11.5 Å². The van der Waals surface area contributed by atoms with E-state index < -0.39 is 0 Å². The van der Waals surface area contributed by atoms with Gasteiger partial charge in [0.2, 0.25) is 11.7 Å². The summed E-state index contributed by atoms with van der Waals surface area (Å²) in [5, 5.41) is 4.04. The predicted octanol–water partition coefficient (Wildman–Crippen LogP) is 3.03. The molecule has 1 aliphatic heterocycles. The average molecular weight is 400 g/mol. The van der Waals surface area contributed by atoms with Crippen molar-refractivity contribution in [1.29, 1.82) is 0 Å². The molecule has 0 radical (unpaired) electrons. The largest absolute Gasteiger partial charge is 0.339 e. The number of hydrogen-bond acceptors (Lipinski definition) is 6. The van der Waals surface area contributed by atoms with E-state index in [-0.39, 0.29) is 24.2 Å². The number of hydrogen-bond donors (Lipinski definition) is 1. The van der Waals surface area contributed by atoms with Crippen LogP contribution in [-0.4, -0.2) is 39.0 Å². The molecule has 4 rings (SSSR count). The molecule has 3 aromatic rings. The summed E-state index contributed by atoms with van der Waals surface area (Å²) in [5.74, 6) is 1.34. The van der Waals surface area contributed by atoms with Crippen LogP contribution < -0.4 is 5.73 Å². The maximum atomic E-state index is 12.7. The number of halogens is 1. The topological polar surface area (TPSA) is 98.1 Å². The summed E-state index contributed by atoms with van der Waals surface area (Å²) >= 11 is 0. The number of aromatic nitrogens is 3. The fourth-order valence-corrected chi connectivity index (χ4v) is 3.30. The molecule has 3 heterocycles. The van der Waals surface area contributed by atoms with Crippen LogP contribution in [-0.2, 0) is 6.54 Å². The summed E-state index contributed by atoms with van der Waals surface area (Å²) in [5.41, 5.74) is 8.02. The smallest absolute Gasteiger partial charge is 0.253 e. The van der Waals surface area contributed by atoms with Crippen molar-refractivity contribution in [3.63, 3.8) is 0 Å². The highest BCUT2D eigenvalue weighted by atomic mass is 35.5. The molecule has 28 heavy (non-hydrogen) atoms. The van der Waals surface area contributed by atoms with Gasteiger partial charge < -0.3 is 15.2 Å². The fraction of sp³-hybridized carbons (Fsp3) is 0.300. The number of nitrogens with two attached hydrogens (primary N) is 1. The van der Waals surface area contributed by atoms with Gasteiger partial charge in [-0.2, -0.15) is 4.98 Å². The summed E-state index contributed by atoms with van der Waals surface area (Å²) in [6.45, 7) is 1.82. The first-order valence-electron chi connectivity index (χ1n) is 9.08. The molecule has 7 nitrogen and oxygen atoms in total. The molecular formula is C20H22ClN5O2. The Bertz CT molecular complexity index is 906. The summed E-state index contributed by atoms with van der Waals surface area (Å²) < 4.78 is 5.45. The number of benzene rings is 1. The minimum absolute atomic E-state index is 0. The van der Waals surface area contributed by atoms with Gasteiger partial charge in [-0.1, -0.05) is 23.4 Å². The van der Waals surface area contributed by atoms with Crippen molar-refractivity contribution in [2.45, 2.75) is 25.3 Å². The van der Waals surface area contributed by atoms with Crippen molar-refractivity contribution in [2.75, 3.05) is 13.1 Å². The average Bonchev–Trinajstić information content (AvgIpc) is 3.24. The van der Waals surface area contributed by atoms with Gasteiger partial charge in [0.05, 0.1) is 0 Å². The maximum Gasteiger partial charge on any atom is 0.253 e. The molecule has 2 aromatic heterocycles. The van der Waals surface area contributed by atoms with Gasteiger partial charge >= 0.3 is 0 Å². The Morgan fingerprint density at radius 2 is 1.89 bits per heavy atom. The van der Waals surface area contributed by atoms with Crippen LogP contribution >= 0.6 is 12.4 Å². The molecule has 1 aromatic carbocycles. The summed E-state index contributed by atoms with van der Waals surface area (Å²) in [6.07, 6.45) is 3.31. The molecule has 0 atom stereocenters. The van der Waals surface area contributed by atoms with Crippen molar-refractivity contribution < 1.29 is 9.32 Å². The van der Waals surface area contributed by atoms with Crippen LogP contribution in [0, 0.1) is 0 Å². The van der Waals surface area contributed by atoms with Crippen LogP contribution in [0.3, 0.4) is 0 Å². The molecular weight excluding hydrogens is 378 g/mol. The van der Waals surface area contributed by atoms with E-state index in [2.05, 4.69) is 15.1 Å². The molecule has 1 amide bonds. The zero-order chi connectivity index (χ0) is 18.6. The second-order valence-electron chi connectivity index (χ2n) is 6.64. The van der Waals surface area contributed by atoms with Gasteiger partial charge in [-0.15, -0.1) is 12.4 Å². The van der Waals surface area contributed by atoms with Crippen molar-refractivity contribution in [3.8, 4) is 11.5 Å². The van der Waals surface area contributed by atoms with Gasteiger partial charge in [0.15, 0.2) is 0 Å². The second-order valence-corrected chi connectivity index (χ2v) is 6.64. The first kappa shape index (κ1) is 20.0. The number of amides is 1. The first-order chi connectivity index (χ1) is 13.2. The lowest BCUT2D eigenvalue weighted by Crippen LogP contribution is -2.38. The van der Waals surface area contributed by atoms with Crippen LogP contribution in [0.5, 0.6) is 0 Å². The Morgan fingerprint density at radius 3 is 2.54 bits per heavy atom. The molecule has 0 spiro atoms. The first-order valence-corrected chi connectivity index (χ1v) is 9.08. The van der Waals surface area contributed by atoms with E-state index in [0.29, 0.717) is 42.6 Å². The molecule has 146 valence electrons. The van der Waals surface area contributed by atoms with Crippen molar-refractivity contribution in [3.05, 3.63) is 65.7 Å². The quantitative estimate of drug-likeness (QED) is 0.724. The highest BCUT2D eigenvalue weighted by Crippen LogP contribution is 2.28. The van der Waals surface area contributed by atoms with E-state index in [0.717, 1.165) is 18.4 Å². The number of piperidine rings is 1. The molecule has 1 saturated heterocycles. The molecule has 1 fully saturated rings. The number of pyridine rings is 1. The molecule has 0 unspecified atom stereocenters. The van der Waals surface area contributed by atoms with Crippen molar-refractivity contribution in [2.24, 2.45) is 5.73 Å². The van der Waals surface area contributed by atoms with Gasteiger partial charge in [0.1, 0.15) is 5.69 Å².